The number of carboxylic acids is 1. The average molecular weight is 333 g/mol. The molecule has 0 saturated carbocycles. The Labute approximate surface area is 135 Å². The van der Waals surface area contributed by atoms with E-state index in [9.17, 15) is 24.5 Å². The molecule has 0 aliphatic carbocycles. The van der Waals surface area contributed by atoms with E-state index in [1.165, 1.54) is 23.1 Å². The van der Waals surface area contributed by atoms with Crippen LogP contribution in [0.25, 0.3) is 10.9 Å². The Hall–Kier alpha value is -3.23. The van der Waals surface area contributed by atoms with Crippen molar-refractivity contribution in [3.63, 3.8) is 0 Å². The van der Waals surface area contributed by atoms with E-state index in [1.807, 2.05) is 0 Å². The maximum absolute atomic E-state index is 12.6. The fourth-order valence-corrected chi connectivity index (χ4v) is 2.34. The summed E-state index contributed by atoms with van der Waals surface area (Å²) in [5.74, 6) is -1.59. The van der Waals surface area contributed by atoms with Crippen LogP contribution in [0.4, 0.5) is 5.69 Å². The molecular weight excluding hydrogens is 318 g/mol. The molecule has 0 aliphatic rings. The van der Waals surface area contributed by atoms with Crippen LogP contribution in [-0.4, -0.2) is 44.9 Å². The normalized spacial score (nSPS) is 10.5. The van der Waals surface area contributed by atoms with Gasteiger partial charge >= 0.3 is 5.97 Å². The van der Waals surface area contributed by atoms with Crippen molar-refractivity contribution in [1.82, 2.24) is 9.88 Å². The third-order valence-electron chi connectivity index (χ3n) is 3.53. The first-order chi connectivity index (χ1) is 11.3. The number of H-pyrrole nitrogens is 1. The monoisotopic (exact) mass is 333 g/mol. The zero-order chi connectivity index (χ0) is 17.9. The molecule has 0 bridgehead atoms. The van der Waals surface area contributed by atoms with Crippen LogP contribution < -0.4 is 5.56 Å². The van der Waals surface area contributed by atoms with Crippen molar-refractivity contribution in [1.29, 1.82) is 0 Å². The largest absolute Gasteiger partial charge is 0.481 e. The maximum Gasteiger partial charge on any atom is 0.305 e. The van der Waals surface area contributed by atoms with Crippen LogP contribution in [0.15, 0.2) is 29.1 Å². The lowest BCUT2D eigenvalue weighted by Gasteiger charge is -2.20. The number of benzene rings is 1. The molecule has 0 radical (unpaired) electrons. The second kappa shape index (κ2) is 6.90. The van der Waals surface area contributed by atoms with Gasteiger partial charge in [0.25, 0.3) is 11.6 Å². The van der Waals surface area contributed by atoms with Crippen LogP contribution >= 0.6 is 0 Å². The predicted octanol–water partition coefficient (Wildman–Crippen LogP) is 1.37. The van der Waals surface area contributed by atoms with E-state index in [1.54, 1.807) is 6.92 Å². The van der Waals surface area contributed by atoms with Gasteiger partial charge in [0.05, 0.1) is 16.9 Å². The Morgan fingerprint density at radius 1 is 1.33 bits per heavy atom. The number of nitro benzene ring substituents is 1. The highest BCUT2D eigenvalue weighted by atomic mass is 16.6. The Morgan fingerprint density at radius 2 is 2.04 bits per heavy atom. The SMILES string of the molecule is CCN(CCC(=O)O)C(=O)c1cc(=O)[nH]c2ccc([N+](=O)[O-])cc12. The number of hydrogen-bond donors (Lipinski definition) is 2. The molecule has 1 aromatic heterocycles. The van der Waals surface area contributed by atoms with Crippen LogP contribution in [-0.2, 0) is 4.79 Å². The number of fused-ring (bicyclic) bond motifs is 1. The summed E-state index contributed by atoms with van der Waals surface area (Å²) < 4.78 is 0. The van der Waals surface area contributed by atoms with Gasteiger partial charge < -0.3 is 15.0 Å². The summed E-state index contributed by atoms with van der Waals surface area (Å²) in [5.41, 5.74) is -0.429. The Bertz CT molecular complexity index is 873. The Kier molecular flexibility index (Phi) is 4.93. The van der Waals surface area contributed by atoms with E-state index in [4.69, 9.17) is 5.11 Å². The number of aromatic nitrogens is 1. The fraction of sp³-hybridized carbons (Fsp3) is 0.267. The van der Waals surface area contributed by atoms with E-state index in [-0.39, 0.29) is 36.1 Å². The minimum absolute atomic E-state index is 0.00434. The number of hydrogen-bond acceptors (Lipinski definition) is 5. The van der Waals surface area contributed by atoms with Gasteiger partial charge in [-0.3, -0.25) is 24.5 Å². The van der Waals surface area contributed by atoms with Crippen molar-refractivity contribution < 1.29 is 19.6 Å². The lowest BCUT2D eigenvalue weighted by atomic mass is 10.1. The number of carboxylic acid groups (broad SMARTS) is 1. The van der Waals surface area contributed by atoms with E-state index in [0.29, 0.717) is 5.52 Å². The van der Waals surface area contributed by atoms with Crippen molar-refractivity contribution in [2.75, 3.05) is 13.1 Å². The highest BCUT2D eigenvalue weighted by Gasteiger charge is 2.20. The molecule has 0 aliphatic heterocycles. The summed E-state index contributed by atoms with van der Waals surface area (Å²) in [7, 11) is 0. The minimum Gasteiger partial charge on any atom is -0.481 e. The summed E-state index contributed by atoms with van der Waals surface area (Å²) in [4.78, 5) is 49.2. The number of carbonyl (C=O) groups excluding carboxylic acids is 1. The topological polar surface area (TPSA) is 134 Å². The van der Waals surface area contributed by atoms with Crippen LogP contribution in [0, 0.1) is 10.1 Å². The van der Waals surface area contributed by atoms with Crippen LogP contribution in [0.2, 0.25) is 0 Å². The molecule has 1 amide bonds. The smallest absolute Gasteiger partial charge is 0.305 e. The number of aliphatic carboxylic acids is 1. The first kappa shape index (κ1) is 17.1. The standard InChI is InChI=1S/C15H15N3O6/c1-2-17(6-5-14(20)21)15(22)11-8-13(19)16-12-4-3-9(18(23)24)7-10(11)12/h3-4,7-8H,2,5-6H2,1H3,(H,16,19)(H,20,21). The number of nitrogens with zero attached hydrogens (tertiary/aromatic N) is 2. The molecule has 0 spiro atoms. The summed E-state index contributed by atoms with van der Waals surface area (Å²) >= 11 is 0. The third kappa shape index (κ3) is 3.57. The van der Waals surface area contributed by atoms with Gasteiger partial charge in [-0.1, -0.05) is 0 Å². The van der Waals surface area contributed by atoms with E-state index >= 15 is 0 Å². The second-order valence-corrected chi connectivity index (χ2v) is 5.06. The molecule has 9 nitrogen and oxygen atoms in total. The van der Waals surface area contributed by atoms with Crippen molar-refractivity contribution in [3.05, 3.63) is 50.3 Å². The molecule has 0 unspecified atom stereocenters. The zero-order valence-corrected chi connectivity index (χ0v) is 12.8. The second-order valence-electron chi connectivity index (χ2n) is 5.06. The highest BCUT2D eigenvalue weighted by Crippen LogP contribution is 2.22. The number of carbonyl (C=O) groups is 2. The summed E-state index contributed by atoms with van der Waals surface area (Å²) in [6, 6.07) is 4.87. The number of non-ortho nitro benzene ring substituents is 1. The summed E-state index contributed by atoms with van der Waals surface area (Å²) in [6.45, 7) is 1.90. The highest BCUT2D eigenvalue weighted by molar-refractivity contribution is 6.06. The van der Waals surface area contributed by atoms with Crippen LogP contribution in [0.5, 0.6) is 0 Å². The lowest BCUT2D eigenvalue weighted by molar-refractivity contribution is -0.384. The molecule has 24 heavy (non-hydrogen) atoms. The molecule has 0 saturated heterocycles. The number of aromatic amines is 1. The molecular formula is C15H15N3O6. The fourth-order valence-electron chi connectivity index (χ4n) is 2.34. The maximum atomic E-state index is 12.6. The van der Waals surface area contributed by atoms with E-state index in [0.717, 1.165) is 6.07 Å². The molecule has 126 valence electrons. The van der Waals surface area contributed by atoms with Gasteiger partial charge in [0.1, 0.15) is 0 Å². The molecule has 1 aromatic carbocycles. The molecule has 1 heterocycles. The third-order valence-corrected chi connectivity index (χ3v) is 3.53. The van der Waals surface area contributed by atoms with Gasteiger partial charge in [0, 0.05) is 42.2 Å². The van der Waals surface area contributed by atoms with Crippen LogP contribution in [0.3, 0.4) is 0 Å². The average Bonchev–Trinajstić information content (AvgIpc) is 2.53. The van der Waals surface area contributed by atoms with Gasteiger partial charge in [-0.05, 0) is 13.0 Å². The van der Waals surface area contributed by atoms with Crippen LogP contribution in [0.1, 0.15) is 23.7 Å². The number of rotatable bonds is 6. The van der Waals surface area contributed by atoms with Crippen molar-refractivity contribution in [2.45, 2.75) is 13.3 Å². The Morgan fingerprint density at radius 3 is 2.62 bits per heavy atom. The molecule has 2 aromatic rings. The van der Waals surface area contributed by atoms with Crippen molar-refractivity contribution in [3.8, 4) is 0 Å². The van der Waals surface area contributed by atoms with Gasteiger partial charge in [-0.2, -0.15) is 0 Å². The molecule has 0 fully saturated rings. The van der Waals surface area contributed by atoms with Gasteiger partial charge in [-0.25, -0.2) is 0 Å². The van der Waals surface area contributed by atoms with Crippen molar-refractivity contribution in [2.24, 2.45) is 0 Å². The number of nitro groups is 1. The van der Waals surface area contributed by atoms with Gasteiger partial charge in [0.2, 0.25) is 5.56 Å². The first-order valence-electron chi connectivity index (χ1n) is 7.16. The number of pyridine rings is 1. The van der Waals surface area contributed by atoms with E-state index < -0.39 is 22.4 Å². The predicted molar refractivity (Wildman–Crippen MR) is 85.1 cm³/mol. The Balaban J connectivity index is 2.54. The molecule has 9 heteroatoms. The summed E-state index contributed by atoms with van der Waals surface area (Å²) in [5, 5.41) is 19.9. The number of nitrogens with one attached hydrogen (secondary N) is 1. The molecule has 2 rings (SSSR count). The number of amides is 1. The van der Waals surface area contributed by atoms with Crippen molar-refractivity contribution >= 4 is 28.5 Å². The van der Waals surface area contributed by atoms with E-state index in [2.05, 4.69) is 4.98 Å². The molecule has 2 N–H and O–H groups in total. The van der Waals surface area contributed by atoms with Gasteiger partial charge in [-0.15, -0.1) is 0 Å². The van der Waals surface area contributed by atoms with Gasteiger partial charge in [0.15, 0.2) is 0 Å². The summed E-state index contributed by atoms with van der Waals surface area (Å²) in [6.07, 6.45) is -0.235. The zero-order valence-electron chi connectivity index (χ0n) is 12.8. The lowest BCUT2D eigenvalue weighted by Crippen LogP contribution is -2.33. The molecule has 0 atom stereocenters. The quantitative estimate of drug-likeness (QED) is 0.606. The minimum atomic E-state index is -1.05. The first-order valence-corrected chi connectivity index (χ1v) is 7.16.